The van der Waals surface area contributed by atoms with Crippen LogP contribution in [0.3, 0.4) is 0 Å². The molecule has 6 heteroatoms. The third-order valence-corrected chi connectivity index (χ3v) is 4.68. The quantitative estimate of drug-likeness (QED) is 0.628. The van der Waals surface area contributed by atoms with Crippen LogP contribution in [0.15, 0.2) is 60.7 Å². The third-order valence-electron chi connectivity index (χ3n) is 4.68. The first-order valence-electron chi connectivity index (χ1n) is 9.11. The number of urea groups is 1. The molecule has 2 aromatic carbocycles. The van der Waals surface area contributed by atoms with Gasteiger partial charge in [0, 0.05) is 18.9 Å². The van der Waals surface area contributed by atoms with E-state index >= 15 is 0 Å². The van der Waals surface area contributed by atoms with E-state index in [2.05, 4.69) is 40.2 Å². The van der Waals surface area contributed by atoms with Crippen molar-refractivity contribution in [2.24, 2.45) is 0 Å². The second-order valence-electron chi connectivity index (χ2n) is 6.57. The maximum Gasteiger partial charge on any atom is 0.322 e. The molecular formula is C21H23N3O3. The molecule has 1 heterocycles. The minimum absolute atomic E-state index is 0.121. The zero-order valence-corrected chi connectivity index (χ0v) is 15.0. The van der Waals surface area contributed by atoms with Gasteiger partial charge >= 0.3 is 6.03 Å². The molecule has 27 heavy (non-hydrogen) atoms. The molecule has 1 atom stereocenters. The van der Waals surface area contributed by atoms with Crippen LogP contribution in [0.25, 0.3) is 0 Å². The van der Waals surface area contributed by atoms with Crippen LogP contribution in [0.1, 0.15) is 36.3 Å². The van der Waals surface area contributed by atoms with Crippen molar-refractivity contribution < 1.29 is 14.4 Å². The molecule has 0 aromatic heterocycles. The van der Waals surface area contributed by atoms with Gasteiger partial charge in [0.1, 0.15) is 6.04 Å². The molecule has 3 rings (SSSR count). The molecule has 3 N–H and O–H groups in total. The Bertz CT molecular complexity index is 753. The molecule has 1 unspecified atom stereocenters. The summed E-state index contributed by atoms with van der Waals surface area (Å²) in [7, 11) is 0. The highest BCUT2D eigenvalue weighted by Gasteiger charge is 2.29. The molecule has 140 valence electrons. The Morgan fingerprint density at radius 1 is 0.963 bits per heavy atom. The van der Waals surface area contributed by atoms with Gasteiger partial charge in [-0.3, -0.25) is 14.9 Å². The first-order chi connectivity index (χ1) is 13.1. The van der Waals surface area contributed by atoms with Crippen molar-refractivity contribution in [3.05, 3.63) is 71.8 Å². The van der Waals surface area contributed by atoms with Gasteiger partial charge in [-0.25, -0.2) is 4.79 Å². The number of carbonyl (C=O) groups excluding carboxylic acids is 3. The van der Waals surface area contributed by atoms with Crippen LogP contribution in [0.2, 0.25) is 0 Å². The van der Waals surface area contributed by atoms with E-state index in [1.807, 2.05) is 36.4 Å². The van der Waals surface area contributed by atoms with Crippen LogP contribution in [0, 0.1) is 0 Å². The fraction of sp³-hybridized carbons (Fsp3) is 0.286. The van der Waals surface area contributed by atoms with Gasteiger partial charge in [0.15, 0.2) is 0 Å². The zero-order chi connectivity index (χ0) is 19.1. The Kier molecular flexibility index (Phi) is 6.20. The van der Waals surface area contributed by atoms with Crippen LogP contribution in [0.5, 0.6) is 0 Å². The van der Waals surface area contributed by atoms with Gasteiger partial charge in [0.05, 0.1) is 0 Å². The highest BCUT2D eigenvalue weighted by atomic mass is 16.2. The number of rotatable bonds is 8. The summed E-state index contributed by atoms with van der Waals surface area (Å²) in [6.07, 6.45) is 1.27. The summed E-state index contributed by atoms with van der Waals surface area (Å²) in [5.74, 6) is -0.294. The van der Waals surface area contributed by atoms with Crippen molar-refractivity contribution in [2.75, 3.05) is 6.54 Å². The highest BCUT2D eigenvalue weighted by Crippen LogP contribution is 2.27. The van der Waals surface area contributed by atoms with E-state index in [0.29, 0.717) is 13.0 Å². The van der Waals surface area contributed by atoms with Crippen molar-refractivity contribution in [3.8, 4) is 0 Å². The molecule has 1 saturated heterocycles. The SMILES string of the molecule is O=C(CCC1NC(=O)NC1=O)NCCC(c1ccccc1)c1ccccc1. The number of hydrogen-bond donors (Lipinski definition) is 3. The molecular weight excluding hydrogens is 342 g/mol. The maximum absolute atomic E-state index is 12.1. The van der Waals surface area contributed by atoms with Gasteiger partial charge in [0.25, 0.3) is 5.91 Å². The van der Waals surface area contributed by atoms with Crippen molar-refractivity contribution in [2.45, 2.75) is 31.2 Å². The summed E-state index contributed by atoms with van der Waals surface area (Å²) in [4.78, 5) is 34.7. The Labute approximate surface area is 158 Å². The predicted octanol–water partition coefficient (Wildman–Crippen LogP) is 2.31. The average molecular weight is 365 g/mol. The molecule has 0 radical (unpaired) electrons. The lowest BCUT2D eigenvalue weighted by Crippen LogP contribution is -2.32. The van der Waals surface area contributed by atoms with Gasteiger partial charge in [0.2, 0.25) is 5.91 Å². The van der Waals surface area contributed by atoms with E-state index in [9.17, 15) is 14.4 Å². The molecule has 0 aliphatic carbocycles. The molecule has 4 amide bonds. The largest absolute Gasteiger partial charge is 0.356 e. The Balaban J connectivity index is 1.51. The number of imide groups is 1. The van der Waals surface area contributed by atoms with E-state index in [-0.39, 0.29) is 24.2 Å². The molecule has 0 spiro atoms. The van der Waals surface area contributed by atoms with Gasteiger partial charge in [-0.05, 0) is 24.0 Å². The lowest BCUT2D eigenvalue weighted by Gasteiger charge is -2.18. The summed E-state index contributed by atoms with van der Waals surface area (Å²) in [6, 6.07) is 19.3. The third kappa shape index (κ3) is 5.17. The number of hydrogen-bond acceptors (Lipinski definition) is 3. The average Bonchev–Trinajstić information content (AvgIpc) is 3.02. The smallest absolute Gasteiger partial charge is 0.322 e. The van der Waals surface area contributed by atoms with Gasteiger partial charge in [-0.2, -0.15) is 0 Å². The first-order valence-corrected chi connectivity index (χ1v) is 9.11. The van der Waals surface area contributed by atoms with E-state index in [1.165, 1.54) is 11.1 Å². The van der Waals surface area contributed by atoms with Crippen molar-refractivity contribution in [3.63, 3.8) is 0 Å². The van der Waals surface area contributed by atoms with E-state index in [1.54, 1.807) is 0 Å². The standard InChI is InChI=1S/C21H23N3O3/c25-19(12-11-18-20(26)24-21(27)23-18)22-14-13-17(15-7-3-1-4-8-15)16-9-5-2-6-10-16/h1-10,17-18H,11-14H2,(H,22,25)(H2,23,24,26,27). The van der Waals surface area contributed by atoms with Crippen LogP contribution in [0.4, 0.5) is 4.79 Å². The zero-order valence-electron chi connectivity index (χ0n) is 15.0. The van der Waals surface area contributed by atoms with Crippen LogP contribution in [-0.2, 0) is 9.59 Å². The normalized spacial score (nSPS) is 16.1. The summed E-state index contributed by atoms with van der Waals surface area (Å²) >= 11 is 0. The van der Waals surface area contributed by atoms with E-state index in [4.69, 9.17) is 0 Å². The Hall–Kier alpha value is -3.15. The van der Waals surface area contributed by atoms with Crippen LogP contribution in [-0.4, -0.2) is 30.4 Å². The molecule has 6 nitrogen and oxygen atoms in total. The molecule has 1 aliphatic heterocycles. The van der Waals surface area contributed by atoms with Gasteiger partial charge in [-0.1, -0.05) is 60.7 Å². The fourth-order valence-corrected chi connectivity index (χ4v) is 3.28. The molecule has 2 aromatic rings. The highest BCUT2D eigenvalue weighted by molar-refractivity contribution is 6.04. The minimum atomic E-state index is -0.621. The van der Waals surface area contributed by atoms with Crippen molar-refractivity contribution >= 4 is 17.8 Å². The Morgan fingerprint density at radius 3 is 2.07 bits per heavy atom. The molecule has 0 bridgehead atoms. The molecule has 1 fully saturated rings. The molecule has 1 aliphatic rings. The number of amides is 4. The van der Waals surface area contributed by atoms with Gasteiger partial charge in [-0.15, -0.1) is 0 Å². The van der Waals surface area contributed by atoms with Gasteiger partial charge < -0.3 is 10.6 Å². The first kappa shape index (κ1) is 18.6. The number of carbonyl (C=O) groups is 3. The summed E-state index contributed by atoms with van der Waals surface area (Å²) in [5, 5.41) is 7.58. The van der Waals surface area contributed by atoms with Crippen molar-refractivity contribution in [1.29, 1.82) is 0 Å². The van der Waals surface area contributed by atoms with Crippen LogP contribution < -0.4 is 16.0 Å². The fourth-order valence-electron chi connectivity index (χ4n) is 3.28. The number of benzene rings is 2. The summed E-state index contributed by atoms with van der Waals surface area (Å²) < 4.78 is 0. The summed E-state index contributed by atoms with van der Waals surface area (Å²) in [6.45, 7) is 0.538. The van der Waals surface area contributed by atoms with E-state index < -0.39 is 12.1 Å². The van der Waals surface area contributed by atoms with E-state index in [0.717, 1.165) is 6.42 Å². The Morgan fingerprint density at radius 2 is 1.56 bits per heavy atom. The topological polar surface area (TPSA) is 87.3 Å². The second kappa shape index (κ2) is 8.98. The monoisotopic (exact) mass is 365 g/mol. The van der Waals surface area contributed by atoms with Crippen LogP contribution >= 0.6 is 0 Å². The van der Waals surface area contributed by atoms with Crippen molar-refractivity contribution in [1.82, 2.24) is 16.0 Å². The number of nitrogens with one attached hydrogen (secondary N) is 3. The predicted molar refractivity (Wildman–Crippen MR) is 102 cm³/mol. The lowest BCUT2D eigenvalue weighted by atomic mass is 9.88. The second-order valence-corrected chi connectivity index (χ2v) is 6.57. The minimum Gasteiger partial charge on any atom is -0.356 e. The lowest BCUT2D eigenvalue weighted by molar-refractivity contribution is -0.122. The molecule has 0 saturated carbocycles. The summed E-state index contributed by atoms with van der Waals surface area (Å²) in [5.41, 5.74) is 2.42. The maximum atomic E-state index is 12.1.